The van der Waals surface area contributed by atoms with Crippen molar-refractivity contribution < 1.29 is 5.11 Å². The van der Waals surface area contributed by atoms with Crippen molar-refractivity contribution in [2.45, 2.75) is 46.1 Å². The average molecular weight is 154 g/mol. The van der Waals surface area contributed by atoms with Gasteiger partial charge in [-0.15, -0.1) is 12.3 Å². The molecule has 0 aromatic heterocycles. The van der Waals surface area contributed by atoms with Crippen LogP contribution < -0.4 is 0 Å². The second-order valence-corrected chi connectivity index (χ2v) is 4.02. The first kappa shape index (κ1) is 10.5. The van der Waals surface area contributed by atoms with Crippen LogP contribution >= 0.6 is 0 Å². The Labute approximate surface area is 69.8 Å². The molecule has 1 unspecified atom stereocenters. The lowest BCUT2D eigenvalue weighted by molar-refractivity contribution is -0.0563. The zero-order valence-electron chi connectivity index (χ0n) is 7.94. The average Bonchev–Trinajstić information content (AvgIpc) is 1.86. The number of terminal acetylenes is 1. The van der Waals surface area contributed by atoms with Crippen LogP contribution in [0.2, 0.25) is 0 Å². The minimum Gasteiger partial charge on any atom is -0.388 e. The highest BCUT2D eigenvalue weighted by Crippen LogP contribution is 2.35. The minimum absolute atomic E-state index is 0.131. The van der Waals surface area contributed by atoms with Crippen LogP contribution in [-0.2, 0) is 0 Å². The SMILES string of the molecule is C#CCC(O)(CC)C(C)(C)C. The van der Waals surface area contributed by atoms with E-state index in [1.807, 2.05) is 27.7 Å². The van der Waals surface area contributed by atoms with Crippen molar-refractivity contribution in [3.8, 4) is 12.3 Å². The summed E-state index contributed by atoms with van der Waals surface area (Å²) in [6.07, 6.45) is 6.32. The van der Waals surface area contributed by atoms with E-state index in [0.717, 1.165) is 0 Å². The fraction of sp³-hybridized carbons (Fsp3) is 0.800. The molecule has 0 fully saturated rings. The van der Waals surface area contributed by atoms with E-state index in [9.17, 15) is 5.11 Å². The lowest BCUT2D eigenvalue weighted by atomic mass is 9.73. The summed E-state index contributed by atoms with van der Waals surface area (Å²) in [5.74, 6) is 2.52. The number of rotatable bonds is 2. The molecule has 0 aromatic rings. The van der Waals surface area contributed by atoms with Crippen molar-refractivity contribution in [3.05, 3.63) is 0 Å². The Balaban J connectivity index is 4.49. The largest absolute Gasteiger partial charge is 0.388 e. The number of hydrogen-bond donors (Lipinski definition) is 1. The highest BCUT2D eigenvalue weighted by molar-refractivity contribution is 5.00. The molecule has 0 rings (SSSR count). The second-order valence-electron chi connectivity index (χ2n) is 4.02. The molecule has 0 radical (unpaired) electrons. The van der Waals surface area contributed by atoms with Crippen molar-refractivity contribution in [3.63, 3.8) is 0 Å². The first-order valence-corrected chi connectivity index (χ1v) is 4.03. The fourth-order valence-electron chi connectivity index (χ4n) is 1.09. The third-order valence-electron chi connectivity index (χ3n) is 2.38. The topological polar surface area (TPSA) is 20.2 Å². The lowest BCUT2D eigenvalue weighted by Gasteiger charge is -2.38. The van der Waals surface area contributed by atoms with Crippen molar-refractivity contribution in [1.82, 2.24) is 0 Å². The van der Waals surface area contributed by atoms with Crippen LogP contribution in [-0.4, -0.2) is 10.7 Å². The summed E-state index contributed by atoms with van der Waals surface area (Å²) in [7, 11) is 0. The fourth-order valence-corrected chi connectivity index (χ4v) is 1.09. The van der Waals surface area contributed by atoms with E-state index in [0.29, 0.717) is 12.8 Å². The Bertz CT molecular complexity index is 159. The Hall–Kier alpha value is -0.480. The number of aliphatic hydroxyl groups is 1. The summed E-state index contributed by atoms with van der Waals surface area (Å²) in [6, 6.07) is 0. The molecule has 0 spiro atoms. The highest BCUT2D eigenvalue weighted by atomic mass is 16.3. The summed E-state index contributed by atoms with van der Waals surface area (Å²) in [5.41, 5.74) is -0.837. The van der Waals surface area contributed by atoms with E-state index in [1.54, 1.807) is 0 Å². The predicted molar refractivity (Wildman–Crippen MR) is 48.1 cm³/mol. The third-order valence-corrected chi connectivity index (χ3v) is 2.38. The van der Waals surface area contributed by atoms with Crippen LogP contribution in [0.15, 0.2) is 0 Å². The monoisotopic (exact) mass is 154 g/mol. The van der Waals surface area contributed by atoms with Gasteiger partial charge in [0.25, 0.3) is 0 Å². The lowest BCUT2D eigenvalue weighted by Crippen LogP contribution is -2.41. The van der Waals surface area contributed by atoms with Crippen LogP contribution in [0.3, 0.4) is 0 Å². The Morgan fingerprint density at radius 2 is 1.82 bits per heavy atom. The molecule has 0 bridgehead atoms. The van der Waals surface area contributed by atoms with Crippen LogP contribution in [0.1, 0.15) is 40.5 Å². The van der Waals surface area contributed by atoms with Gasteiger partial charge in [-0.05, 0) is 11.8 Å². The van der Waals surface area contributed by atoms with Gasteiger partial charge in [0.05, 0.1) is 5.60 Å². The molecule has 0 aliphatic heterocycles. The summed E-state index contributed by atoms with van der Waals surface area (Å²) in [5, 5.41) is 10.0. The first-order chi connectivity index (χ1) is 4.87. The molecule has 0 saturated carbocycles. The quantitative estimate of drug-likeness (QED) is 0.604. The van der Waals surface area contributed by atoms with Crippen molar-refractivity contribution >= 4 is 0 Å². The first-order valence-electron chi connectivity index (χ1n) is 4.03. The molecule has 0 aliphatic carbocycles. The van der Waals surface area contributed by atoms with Crippen molar-refractivity contribution in [1.29, 1.82) is 0 Å². The molecule has 1 atom stereocenters. The van der Waals surface area contributed by atoms with E-state index < -0.39 is 5.60 Å². The van der Waals surface area contributed by atoms with Crippen molar-refractivity contribution in [2.24, 2.45) is 5.41 Å². The van der Waals surface area contributed by atoms with Crippen LogP contribution in [0.25, 0.3) is 0 Å². The van der Waals surface area contributed by atoms with Gasteiger partial charge in [0.1, 0.15) is 0 Å². The normalized spacial score (nSPS) is 17.1. The molecule has 0 aromatic carbocycles. The van der Waals surface area contributed by atoms with Crippen LogP contribution in [0.4, 0.5) is 0 Å². The zero-order valence-corrected chi connectivity index (χ0v) is 7.94. The predicted octanol–water partition coefficient (Wildman–Crippen LogP) is 2.20. The van der Waals surface area contributed by atoms with Gasteiger partial charge in [0, 0.05) is 6.42 Å². The number of hydrogen-bond acceptors (Lipinski definition) is 1. The van der Waals surface area contributed by atoms with Gasteiger partial charge in [-0.3, -0.25) is 0 Å². The molecule has 0 saturated heterocycles. The molecule has 11 heavy (non-hydrogen) atoms. The molecule has 1 N–H and O–H groups in total. The Morgan fingerprint density at radius 1 is 1.36 bits per heavy atom. The molecule has 1 nitrogen and oxygen atoms in total. The molecule has 64 valence electrons. The summed E-state index contributed by atoms with van der Waals surface area (Å²) in [4.78, 5) is 0. The molecule has 0 amide bonds. The zero-order chi connectivity index (χ0) is 9.12. The smallest absolute Gasteiger partial charge is 0.0801 e. The van der Waals surface area contributed by atoms with E-state index in [-0.39, 0.29) is 5.41 Å². The van der Waals surface area contributed by atoms with Gasteiger partial charge in [0.15, 0.2) is 0 Å². The highest BCUT2D eigenvalue weighted by Gasteiger charge is 2.37. The van der Waals surface area contributed by atoms with Gasteiger partial charge in [-0.25, -0.2) is 0 Å². The molecular formula is C10H18O. The van der Waals surface area contributed by atoms with E-state index >= 15 is 0 Å². The van der Waals surface area contributed by atoms with E-state index in [2.05, 4.69) is 5.92 Å². The van der Waals surface area contributed by atoms with Gasteiger partial charge >= 0.3 is 0 Å². The molecule has 0 aliphatic rings. The molecule has 0 heterocycles. The maximum atomic E-state index is 10.0. The van der Waals surface area contributed by atoms with Crippen molar-refractivity contribution in [2.75, 3.05) is 0 Å². The Kier molecular flexibility index (Phi) is 3.13. The summed E-state index contributed by atoms with van der Waals surface area (Å²) >= 11 is 0. The van der Waals surface area contributed by atoms with Gasteiger partial charge in [0.2, 0.25) is 0 Å². The van der Waals surface area contributed by atoms with Crippen LogP contribution in [0, 0.1) is 17.8 Å². The molecular weight excluding hydrogens is 136 g/mol. The van der Waals surface area contributed by atoms with Crippen LogP contribution in [0.5, 0.6) is 0 Å². The van der Waals surface area contributed by atoms with Gasteiger partial charge in [-0.2, -0.15) is 0 Å². The summed E-state index contributed by atoms with van der Waals surface area (Å²) in [6.45, 7) is 7.98. The Morgan fingerprint density at radius 3 is 1.91 bits per heavy atom. The van der Waals surface area contributed by atoms with Gasteiger partial charge < -0.3 is 5.11 Å². The molecule has 1 heteroatoms. The van der Waals surface area contributed by atoms with Gasteiger partial charge in [-0.1, -0.05) is 27.7 Å². The maximum Gasteiger partial charge on any atom is 0.0801 e. The second kappa shape index (κ2) is 3.28. The minimum atomic E-state index is -0.707. The third kappa shape index (κ3) is 2.24. The maximum absolute atomic E-state index is 10.0. The van der Waals surface area contributed by atoms with E-state index in [4.69, 9.17) is 6.42 Å². The van der Waals surface area contributed by atoms with E-state index in [1.165, 1.54) is 0 Å². The summed E-state index contributed by atoms with van der Waals surface area (Å²) < 4.78 is 0. The standard InChI is InChI=1S/C10H18O/c1-6-8-10(11,7-2)9(3,4)5/h1,11H,7-8H2,2-5H3.